The van der Waals surface area contributed by atoms with Crippen molar-refractivity contribution in [2.24, 2.45) is 0 Å². The summed E-state index contributed by atoms with van der Waals surface area (Å²) in [6.07, 6.45) is 21.4. The number of rotatable bonds is 15. The van der Waals surface area contributed by atoms with Gasteiger partial charge in [-0.2, -0.15) is 0 Å². The van der Waals surface area contributed by atoms with Gasteiger partial charge in [0.2, 0.25) is 0 Å². The molecule has 0 atom stereocenters. The summed E-state index contributed by atoms with van der Waals surface area (Å²) in [5.74, 6) is 0. The Bertz CT molecular complexity index is 289. The highest BCUT2D eigenvalue weighted by Crippen LogP contribution is 2.14. The monoisotopic (exact) mass is 307 g/mol. The molecule has 1 aromatic rings. The molecule has 0 fully saturated rings. The standard InChI is InChI=1S/C20H35S/c1-2-3-4-5-6-7-8-9-10-11-12-13-14-15-16-20-17-18-21-19-20/h17-18H,2-16H2,1H3. The second-order valence-electron chi connectivity index (χ2n) is 6.39. The smallest absolute Gasteiger partial charge is 0.0477 e. The molecule has 1 heteroatoms. The summed E-state index contributed by atoms with van der Waals surface area (Å²) in [4.78, 5) is 0. The van der Waals surface area contributed by atoms with Crippen molar-refractivity contribution < 1.29 is 0 Å². The fourth-order valence-electron chi connectivity index (χ4n) is 2.90. The molecule has 0 bridgehead atoms. The molecule has 21 heavy (non-hydrogen) atoms. The van der Waals surface area contributed by atoms with Crippen LogP contribution in [0.5, 0.6) is 0 Å². The van der Waals surface area contributed by atoms with Crippen LogP contribution in [0.25, 0.3) is 0 Å². The van der Waals surface area contributed by atoms with Crippen molar-refractivity contribution in [2.45, 2.75) is 103 Å². The topological polar surface area (TPSA) is 0 Å². The van der Waals surface area contributed by atoms with E-state index in [2.05, 4.69) is 23.8 Å². The molecule has 0 saturated heterocycles. The van der Waals surface area contributed by atoms with E-state index in [9.17, 15) is 0 Å². The minimum Gasteiger partial charge on any atom is -0.143 e. The summed E-state index contributed by atoms with van der Waals surface area (Å²) < 4.78 is 0. The zero-order valence-electron chi connectivity index (χ0n) is 14.2. The first kappa shape index (κ1) is 18.7. The first-order chi connectivity index (χ1) is 10.4. The van der Waals surface area contributed by atoms with E-state index in [1.807, 2.05) is 0 Å². The molecule has 0 aliphatic heterocycles. The van der Waals surface area contributed by atoms with Gasteiger partial charge in [-0.3, -0.25) is 0 Å². The number of hydrogen-bond acceptors (Lipinski definition) is 1. The van der Waals surface area contributed by atoms with Gasteiger partial charge >= 0.3 is 0 Å². The fraction of sp³-hybridized carbons (Fsp3) is 0.800. The fourth-order valence-corrected chi connectivity index (χ4v) is 3.53. The van der Waals surface area contributed by atoms with Crippen molar-refractivity contribution in [3.8, 4) is 0 Å². The zero-order chi connectivity index (χ0) is 15.0. The predicted octanol–water partition coefficient (Wildman–Crippen LogP) is 7.57. The molecule has 0 nitrogen and oxygen atoms in total. The molecule has 121 valence electrons. The van der Waals surface area contributed by atoms with Crippen LogP contribution in [-0.2, 0) is 6.42 Å². The average molecular weight is 308 g/mol. The van der Waals surface area contributed by atoms with Crippen molar-refractivity contribution in [1.82, 2.24) is 0 Å². The normalized spacial score (nSPS) is 11.1. The predicted molar refractivity (Wildman–Crippen MR) is 97.2 cm³/mol. The summed E-state index contributed by atoms with van der Waals surface area (Å²) >= 11 is 1.70. The third-order valence-corrected chi connectivity index (χ3v) is 4.98. The number of unbranched alkanes of at least 4 members (excludes halogenated alkanes) is 13. The van der Waals surface area contributed by atoms with Crippen LogP contribution in [0.4, 0.5) is 0 Å². The van der Waals surface area contributed by atoms with E-state index in [-0.39, 0.29) is 0 Å². The molecule has 0 unspecified atom stereocenters. The van der Waals surface area contributed by atoms with Crippen LogP contribution in [0.1, 0.15) is 102 Å². The van der Waals surface area contributed by atoms with Gasteiger partial charge in [0, 0.05) is 5.38 Å². The lowest BCUT2D eigenvalue weighted by Gasteiger charge is -2.03. The van der Waals surface area contributed by atoms with Crippen LogP contribution in [0.15, 0.2) is 11.4 Å². The van der Waals surface area contributed by atoms with Gasteiger partial charge < -0.3 is 0 Å². The molecule has 0 spiro atoms. The Morgan fingerprint density at radius 3 is 1.62 bits per heavy atom. The summed E-state index contributed by atoms with van der Waals surface area (Å²) in [6, 6.07) is 2.22. The van der Waals surface area contributed by atoms with Gasteiger partial charge in [0.15, 0.2) is 0 Å². The van der Waals surface area contributed by atoms with Crippen molar-refractivity contribution >= 4 is 11.3 Å². The Labute approximate surface area is 137 Å². The van der Waals surface area contributed by atoms with Crippen molar-refractivity contribution in [1.29, 1.82) is 0 Å². The lowest BCUT2D eigenvalue weighted by atomic mass is 10.0. The largest absolute Gasteiger partial charge is 0.143 e. The van der Waals surface area contributed by atoms with Gasteiger partial charge in [0.25, 0.3) is 0 Å². The summed E-state index contributed by atoms with van der Waals surface area (Å²) in [5, 5.41) is 5.46. The van der Waals surface area contributed by atoms with E-state index in [1.165, 1.54) is 102 Å². The molecule has 0 saturated carbocycles. The van der Waals surface area contributed by atoms with Crippen molar-refractivity contribution in [3.63, 3.8) is 0 Å². The maximum atomic E-state index is 3.33. The zero-order valence-corrected chi connectivity index (χ0v) is 15.0. The highest BCUT2D eigenvalue weighted by atomic mass is 32.1. The van der Waals surface area contributed by atoms with Crippen molar-refractivity contribution in [3.05, 3.63) is 22.4 Å². The Hall–Kier alpha value is -0.300. The Morgan fingerprint density at radius 1 is 0.714 bits per heavy atom. The van der Waals surface area contributed by atoms with E-state index >= 15 is 0 Å². The van der Waals surface area contributed by atoms with Crippen LogP contribution < -0.4 is 0 Å². The van der Waals surface area contributed by atoms with E-state index in [4.69, 9.17) is 0 Å². The van der Waals surface area contributed by atoms with Crippen molar-refractivity contribution in [2.75, 3.05) is 0 Å². The van der Waals surface area contributed by atoms with E-state index in [1.54, 1.807) is 11.3 Å². The van der Waals surface area contributed by atoms with Crippen LogP contribution in [-0.4, -0.2) is 0 Å². The average Bonchev–Trinajstić information content (AvgIpc) is 3.01. The minimum absolute atomic E-state index is 1.24. The lowest BCUT2D eigenvalue weighted by molar-refractivity contribution is 0.535. The lowest BCUT2D eigenvalue weighted by Crippen LogP contribution is -1.85. The Kier molecular flexibility index (Phi) is 13.1. The number of thiophene rings is 1. The van der Waals surface area contributed by atoms with Gasteiger partial charge in [0.1, 0.15) is 0 Å². The molecular weight excluding hydrogens is 272 g/mol. The molecule has 0 aromatic carbocycles. The van der Waals surface area contributed by atoms with E-state index < -0.39 is 0 Å². The highest BCUT2D eigenvalue weighted by molar-refractivity contribution is 7.07. The molecule has 1 aromatic heterocycles. The van der Waals surface area contributed by atoms with Crippen LogP contribution in [0.2, 0.25) is 0 Å². The quantitative estimate of drug-likeness (QED) is 0.293. The maximum Gasteiger partial charge on any atom is 0.0477 e. The van der Waals surface area contributed by atoms with Gasteiger partial charge in [-0.1, -0.05) is 90.4 Å². The van der Waals surface area contributed by atoms with Crippen LogP contribution in [0.3, 0.4) is 0 Å². The molecular formula is C20H35S. The molecule has 1 rings (SSSR count). The maximum absolute atomic E-state index is 3.33. The number of aryl methyl sites for hydroxylation is 1. The summed E-state index contributed by atoms with van der Waals surface area (Å²) in [5.41, 5.74) is 1.42. The van der Waals surface area contributed by atoms with E-state index in [0.717, 1.165) is 0 Å². The van der Waals surface area contributed by atoms with Crippen LogP contribution in [0, 0.1) is 5.38 Å². The summed E-state index contributed by atoms with van der Waals surface area (Å²) in [7, 11) is 0. The third-order valence-electron chi connectivity index (χ3n) is 4.33. The molecule has 0 aliphatic carbocycles. The Morgan fingerprint density at radius 2 is 1.19 bits per heavy atom. The first-order valence-electron chi connectivity index (χ1n) is 9.37. The van der Waals surface area contributed by atoms with Gasteiger partial charge in [-0.15, -0.1) is 11.3 Å². The molecule has 1 heterocycles. The number of hydrogen-bond donors (Lipinski definition) is 0. The Balaban J connectivity index is 1.69. The molecule has 0 N–H and O–H groups in total. The molecule has 0 amide bonds. The van der Waals surface area contributed by atoms with Gasteiger partial charge in [0.05, 0.1) is 0 Å². The minimum atomic E-state index is 1.24. The van der Waals surface area contributed by atoms with E-state index in [0.29, 0.717) is 0 Å². The third kappa shape index (κ3) is 12.0. The second-order valence-corrected chi connectivity index (χ2v) is 7.11. The SMILES string of the molecule is CCCCCCCCCCCCCCCCc1[c]scc1. The van der Waals surface area contributed by atoms with Gasteiger partial charge in [-0.25, -0.2) is 0 Å². The highest BCUT2D eigenvalue weighted by Gasteiger charge is 1.96. The van der Waals surface area contributed by atoms with Gasteiger partial charge in [-0.05, 0) is 29.9 Å². The summed E-state index contributed by atoms with van der Waals surface area (Å²) in [6.45, 7) is 2.29. The molecule has 1 radical (unpaired) electrons. The first-order valence-corrected chi connectivity index (χ1v) is 10.3. The van der Waals surface area contributed by atoms with Crippen LogP contribution >= 0.6 is 11.3 Å². The molecule has 0 aliphatic rings. The second kappa shape index (κ2) is 14.6.